The fraction of sp³-hybridized carbons (Fsp3) is 0.462. The third kappa shape index (κ3) is 2.78. The number of nitrogens with two attached hydrogens (primary N) is 1. The fourth-order valence-corrected chi connectivity index (χ4v) is 4.81. The van der Waals surface area contributed by atoms with Crippen molar-refractivity contribution in [1.29, 1.82) is 0 Å². The summed E-state index contributed by atoms with van der Waals surface area (Å²) in [7, 11) is 0. The second kappa shape index (κ2) is 5.65. The van der Waals surface area contributed by atoms with Crippen molar-refractivity contribution in [2.75, 3.05) is 11.5 Å². The topological polar surface area (TPSA) is 77.8 Å². The second-order valence-corrected chi connectivity index (χ2v) is 7.83. The van der Waals surface area contributed by atoms with Crippen molar-refractivity contribution in [1.82, 2.24) is 15.1 Å². The lowest BCUT2D eigenvalue weighted by atomic mass is 10.2. The molecule has 20 heavy (non-hydrogen) atoms. The molecule has 2 aromatic rings. The lowest BCUT2D eigenvalue weighted by molar-refractivity contribution is 0.423. The molecule has 3 atom stereocenters. The van der Waals surface area contributed by atoms with Gasteiger partial charge in [0.25, 0.3) is 5.89 Å². The van der Waals surface area contributed by atoms with Crippen LogP contribution < -0.4 is 5.73 Å². The number of nitrogens with zero attached hydrogens (tertiary/aromatic N) is 3. The minimum atomic E-state index is 0.290. The third-order valence-corrected chi connectivity index (χ3v) is 6.67. The van der Waals surface area contributed by atoms with Crippen molar-refractivity contribution in [3.05, 3.63) is 24.3 Å². The largest absolute Gasteiger partial charge is 0.397 e. The van der Waals surface area contributed by atoms with Gasteiger partial charge in [0.1, 0.15) is 0 Å². The zero-order chi connectivity index (χ0) is 14.1. The molecule has 2 aromatic heterocycles. The molecule has 0 saturated carbocycles. The van der Waals surface area contributed by atoms with Gasteiger partial charge in [-0.25, -0.2) is 0 Å². The monoisotopic (exact) mass is 308 g/mol. The van der Waals surface area contributed by atoms with E-state index in [2.05, 4.69) is 29.0 Å². The van der Waals surface area contributed by atoms with Gasteiger partial charge >= 0.3 is 0 Å². The van der Waals surface area contributed by atoms with Crippen LogP contribution in [0.15, 0.2) is 23.0 Å². The van der Waals surface area contributed by atoms with Crippen LogP contribution in [-0.4, -0.2) is 31.4 Å². The van der Waals surface area contributed by atoms with E-state index < -0.39 is 0 Å². The number of aromatic nitrogens is 3. The zero-order valence-electron chi connectivity index (χ0n) is 11.3. The van der Waals surface area contributed by atoms with E-state index in [1.807, 2.05) is 23.5 Å². The Balaban J connectivity index is 1.80. The highest BCUT2D eigenvalue weighted by Crippen LogP contribution is 2.43. The lowest BCUT2D eigenvalue weighted by Gasteiger charge is -2.29. The van der Waals surface area contributed by atoms with Crippen LogP contribution in [0.1, 0.15) is 24.9 Å². The van der Waals surface area contributed by atoms with Crippen molar-refractivity contribution in [3.8, 4) is 11.5 Å². The average molecular weight is 308 g/mol. The number of nitrogen functional groups attached to an aromatic ring is 1. The van der Waals surface area contributed by atoms with Gasteiger partial charge in [0.05, 0.1) is 16.5 Å². The summed E-state index contributed by atoms with van der Waals surface area (Å²) in [5, 5.41) is 5.67. The van der Waals surface area contributed by atoms with Crippen molar-refractivity contribution < 1.29 is 4.52 Å². The highest BCUT2D eigenvalue weighted by molar-refractivity contribution is 8.07. The maximum atomic E-state index is 5.72. The van der Waals surface area contributed by atoms with Crippen LogP contribution in [0, 0.1) is 0 Å². The Kier molecular flexibility index (Phi) is 3.89. The van der Waals surface area contributed by atoms with E-state index in [9.17, 15) is 0 Å². The van der Waals surface area contributed by atoms with Gasteiger partial charge in [-0.1, -0.05) is 19.0 Å². The van der Waals surface area contributed by atoms with E-state index >= 15 is 0 Å². The maximum absolute atomic E-state index is 5.72. The molecule has 0 bridgehead atoms. The number of anilines is 1. The summed E-state index contributed by atoms with van der Waals surface area (Å²) in [6.45, 7) is 4.51. The molecule has 1 aliphatic rings. The first-order chi connectivity index (χ1) is 9.63. The van der Waals surface area contributed by atoms with E-state index in [0.29, 0.717) is 22.1 Å². The summed E-state index contributed by atoms with van der Waals surface area (Å²) in [6, 6.07) is 1.79. The van der Waals surface area contributed by atoms with E-state index in [1.54, 1.807) is 18.5 Å². The summed E-state index contributed by atoms with van der Waals surface area (Å²) in [6.07, 6.45) is 3.28. The minimum Gasteiger partial charge on any atom is -0.397 e. The normalized spacial score (nSPS) is 26.6. The van der Waals surface area contributed by atoms with Gasteiger partial charge in [0.2, 0.25) is 0 Å². The maximum Gasteiger partial charge on any atom is 0.259 e. The van der Waals surface area contributed by atoms with Crippen LogP contribution in [-0.2, 0) is 0 Å². The summed E-state index contributed by atoms with van der Waals surface area (Å²) >= 11 is 3.87. The first-order valence-corrected chi connectivity index (χ1v) is 8.44. The molecular formula is C13H16N4OS2. The Labute approximate surface area is 126 Å². The Morgan fingerprint density at radius 2 is 2.15 bits per heavy atom. The molecule has 1 aliphatic heterocycles. The molecular weight excluding hydrogens is 292 g/mol. The predicted octanol–water partition coefficient (Wildman–Crippen LogP) is 3.01. The molecule has 0 aromatic carbocycles. The number of rotatable bonds is 2. The van der Waals surface area contributed by atoms with Crippen molar-refractivity contribution in [2.24, 2.45) is 0 Å². The quantitative estimate of drug-likeness (QED) is 0.913. The highest BCUT2D eigenvalue weighted by atomic mass is 32.2. The SMILES string of the molecule is CC1SCC(c2noc(-c3cncc(N)c3)n2)SC1C. The first kappa shape index (κ1) is 13.8. The molecule has 3 unspecified atom stereocenters. The number of hydrogen-bond acceptors (Lipinski definition) is 7. The minimum absolute atomic E-state index is 0.290. The van der Waals surface area contributed by atoms with Crippen LogP contribution in [0.3, 0.4) is 0 Å². The fourth-order valence-electron chi connectivity index (χ4n) is 1.98. The van der Waals surface area contributed by atoms with Crippen LogP contribution in [0.4, 0.5) is 5.69 Å². The molecule has 5 nitrogen and oxygen atoms in total. The zero-order valence-corrected chi connectivity index (χ0v) is 12.9. The molecule has 7 heteroatoms. The first-order valence-electron chi connectivity index (χ1n) is 6.45. The van der Waals surface area contributed by atoms with E-state index in [1.165, 1.54) is 0 Å². The van der Waals surface area contributed by atoms with E-state index in [-0.39, 0.29) is 5.25 Å². The van der Waals surface area contributed by atoms with Gasteiger partial charge in [-0.05, 0) is 6.07 Å². The van der Waals surface area contributed by atoms with E-state index in [0.717, 1.165) is 17.1 Å². The van der Waals surface area contributed by atoms with E-state index in [4.69, 9.17) is 10.3 Å². The molecule has 0 radical (unpaired) electrons. The van der Waals surface area contributed by atoms with Gasteiger partial charge in [-0.2, -0.15) is 16.7 Å². The van der Waals surface area contributed by atoms with Crippen molar-refractivity contribution in [2.45, 2.75) is 29.6 Å². The van der Waals surface area contributed by atoms with Gasteiger partial charge in [0, 0.05) is 28.6 Å². The molecule has 106 valence electrons. The third-order valence-electron chi connectivity index (χ3n) is 3.29. The number of hydrogen-bond donors (Lipinski definition) is 1. The summed E-state index contributed by atoms with van der Waals surface area (Å²) < 4.78 is 5.34. The molecule has 2 N–H and O–H groups in total. The second-order valence-electron chi connectivity index (χ2n) is 4.83. The molecule has 3 rings (SSSR count). The van der Waals surface area contributed by atoms with Crippen LogP contribution in [0.2, 0.25) is 0 Å². The molecule has 0 aliphatic carbocycles. The highest BCUT2D eigenvalue weighted by Gasteiger charge is 2.30. The van der Waals surface area contributed by atoms with Gasteiger partial charge < -0.3 is 10.3 Å². The van der Waals surface area contributed by atoms with Crippen LogP contribution in [0.25, 0.3) is 11.5 Å². The van der Waals surface area contributed by atoms with Crippen molar-refractivity contribution in [3.63, 3.8) is 0 Å². The number of thioether (sulfide) groups is 2. The van der Waals surface area contributed by atoms with Gasteiger partial charge in [0.15, 0.2) is 5.82 Å². The Morgan fingerprint density at radius 1 is 1.30 bits per heavy atom. The molecule has 0 spiro atoms. The average Bonchev–Trinajstić information content (AvgIpc) is 2.92. The smallest absolute Gasteiger partial charge is 0.259 e. The molecule has 3 heterocycles. The predicted molar refractivity (Wildman–Crippen MR) is 83.7 cm³/mol. The molecule has 1 saturated heterocycles. The van der Waals surface area contributed by atoms with Crippen LogP contribution in [0.5, 0.6) is 0 Å². The van der Waals surface area contributed by atoms with Gasteiger partial charge in [-0.3, -0.25) is 4.98 Å². The Morgan fingerprint density at radius 3 is 2.90 bits per heavy atom. The lowest BCUT2D eigenvalue weighted by Crippen LogP contribution is -2.22. The summed E-state index contributed by atoms with van der Waals surface area (Å²) in [4.78, 5) is 8.54. The standard InChI is InChI=1S/C13H16N4OS2/c1-7-8(2)20-11(6-19-7)12-16-13(18-17-12)9-3-10(14)5-15-4-9/h3-5,7-8,11H,6,14H2,1-2H3. The summed E-state index contributed by atoms with van der Waals surface area (Å²) in [5.74, 6) is 2.26. The van der Waals surface area contributed by atoms with Gasteiger partial charge in [-0.15, -0.1) is 11.8 Å². The van der Waals surface area contributed by atoms with Crippen LogP contribution >= 0.6 is 23.5 Å². The summed E-state index contributed by atoms with van der Waals surface area (Å²) in [5.41, 5.74) is 7.07. The van der Waals surface area contributed by atoms with Crippen molar-refractivity contribution >= 4 is 29.2 Å². The Bertz CT molecular complexity index is 604. The molecule has 0 amide bonds. The number of pyridine rings is 1. The molecule has 1 fully saturated rings. The Hall–Kier alpha value is -1.21.